The predicted octanol–water partition coefficient (Wildman–Crippen LogP) is 4.24. The molecule has 1 aliphatic heterocycles. The van der Waals surface area contributed by atoms with Crippen molar-refractivity contribution in [1.29, 1.82) is 0 Å². The fourth-order valence-electron chi connectivity index (χ4n) is 4.29. The van der Waals surface area contributed by atoms with Gasteiger partial charge in [0.1, 0.15) is 17.2 Å². The summed E-state index contributed by atoms with van der Waals surface area (Å²) in [6, 6.07) is 12.8. The summed E-state index contributed by atoms with van der Waals surface area (Å²) in [5.41, 5.74) is 1.67. The van der Waals surface area contributed by atoms with Crippen molar-refractivity contribution < 1.29 is 19.4 Å². The van der Waals surface area contributed by atoms with Crippen LogP contribution in [-0.4, -0.2) is 36.2 Å². The molecule has 1 fully saturated rings. The summed E-state index contributed by atoms with van der Waals surface area (Å²) in [5, 5.41) is 9.62. The van der Waals surface area contributed by atoms with E-state index in [9.17, 15) is 9.90 Å². The van der Waals surface area contributed by atoms with Crippen LogP contribution in [0.5, 0.6) is 17.2 Å². The molecule has 0 bridgehead atoms. The number of ether oxygens (including phenoxy) is 2. The third-order valence-corrected chi connectivity index (χ3v) is 5.94. The van der Waals surface area contributed by atoms with Crippen molar-refractivity contribution in [3.63, 3.8) is 0 Å². The van der Waals surface area contributed by atoms with Gasteiger partial charge in [-0.05, 0) is 67.3 Å². The van der Waals surface area contributed by atoms with Crippen LogP contribution >= 0.6 is 0 Å². The van der Waals surface area contributed by atoms with E-state index in [1.807, 2.05) is 35.2 Å². The third-order valence-electron chi connectivity index (χ3n) is 5.94. The summed E-state index contributed by atoms with van der Waals surface area (Å²) < 4.78 is 11.2. The van der Waals surface area contributed by atoms with Crippen LogP contribution in [0.25, 0.3) is 0 Å². The Morgan fingerprint density at radius 1 is 1.04 bits per heavy atom. The van der Waals surface area contributed by atoms with Crippen molar-refractivity contribution in [1.82, 2.24) is 4.90 Å². The molecule has 1 heterocycles. The van der Waals surface area contributed by atoms with Crippen molar-refractivity contribution in [3.8, 4) is 17.2 Å². The quantitative estimate of drug-likeness (QED) is 0.813. The molecule has 1 amide bonds. The smallest absolute Gasteiger partial charge is 0.254 e. The highest BCUT2D eigenvalue weighted by atomic mass is 16.5. The van der Waals surface area contributed by atoms with Crippen LogP contribution < -0.4 is 9.47 Å². The summed E-state index contributed by atoms with van der Waals surface area (Å²) in [6.45, 7) is 2.19. The molecule has 1 saturated carbocycles. The molecule has 0 spiro atoms. The molecule has 5 heteroatoms. The van der Waals surface area contributed by atoms with Gasteiger partial charge in [-0.1, -0.05) is 12.1 Å². The zero-order valence-corrected chi connectivity index (χ0v) is 16.3. The van der Waals surface area contributed by atoms with Crippen molar-refractivity contribution in [2.24, 2.45) is 11.8 Å². The Morgan fingerprint density at radius 3 is 2.57 bits per heavy atom. The lowest BCUT2D eigenvalue weighted by Gasteiger charge is -2.31. The highest BCUT2D eigenvalue weighted by Gasteiger charge is 2.31. The van der Waals surface area contributed by atoms with E-state index in [4.69, 9.17) is 9.47 Å². The van der Waals surface area contributed by atoms with Crippen LogP contribution in [0.2, 0.25) is 0 Å². The average Bonchev–Trinajstić information content (AvgIpc) is 3.02. The van der Waals surface area contributed by atoms with Gasteiger partial charge in [0.05, 0.1) is 13.7 Å². The number of nitrogens with zero attached hydrogens (tertiary/aromatic N) is 1. The molecule has 5 nitrogen and oxygen atoms in total. The van der Waals surface area contributed by atoms with Gasteiger partial charge in [-0.3, -0.25) is 4.79 Å². The number of rotatable bonds is 6. The predicted molar refractivity (Wildman–Crippen MR) is 107 cm³/mol. The molecule has 0 radical (unpaired) electrons. The highest BCUT2D eigenvalue weighted by molar-refractivity contribution is 5.98. The average molecular weight is 381 g/mol. The molecule has 148 valence electrons. The molecule has 0 saturated heterocycles. The maximum atomic E-state index is 12.6. The number of carbonyl (C=O) groups excluding carboxylic acids is 1. The lowest BCUT2D eigenvalue weighted by molar-refractivity contribution is 0.0721. The normalized spacial score (nSPS) is 21.5. The maximum Gasteiger partial charge on any atom is 0.254 e. The number of methoxy groups -OCH3 is 1. The Labute approximate surface area is 165 Å². The largest absolute Gasteiger partial charge is 0.508 e. The minimum Gasteiger partial charge on any atom is -0.508 e. The van der Waals surface area contributed by atoms with Gasteiger partial charge in [0.2, 0.25) is 0 Å². The molecule has 0 atom stereocenters. The standard InChI is InChI=1S/C23H27NO4/c1-27-20-3-2-4-21(12-20)28-15-17-7-5-16(6-8-17)13-24-14-18-9-10-19(25)11-22(18)23(24)26/h2-4,9-12,16-17,25H,5-8,13-15H2,1H3. The number of fused-ring (bicyclic) bond motifs is 1. The van der Waals surface area contributed by atoms with Crippen LogP contribution in [0.3, 0.4) is 0 Å². The zero-order valence-electron chi connectivity index (χ0n) is 16.3. The van der Waals surface area contributed by atoms with Gasteiger partial charge in [-0.2, -0.15) is 0 Å². The van der Waals surface area contributed by atoms with E-state index >= 15 is 0 Å². The van der Waals surface area contributed by atoms with Crippen molar-refractivity contribution in [2.75, 3.05) is 20.3 Å². The number of amides is 1. The Hall–Kier alpha value is -2.69. The van der Waals surface area contributed by atoms with Crippen LogP contribution in [0.15, 0.2) is 42.5 Å². The molecule has 4 rings (SSSR count). The van der Waals surface area contributed by atoms with Gasteiger partial charge >= 0.3 is 0 Å². The fourth-order valence-corrected chi connectivity index (χ4v) is 4.29. The molecule has 2 aliphatic rings. The minimum absolute atomic E-state index is 0.0504. The van der Waals surface area contributed by atoms with Gasteiger partial charge in [-0.25, -0.2) is 0 Å². The molecule has 28 heavy (non-hydrogen) atoms. The first-order chi connectivity index (χ1) is 13.6. The Balaban J connectivity index is 1.24. The molecular formula is C23H27NO4. The summed E-state index contributed by atoms with van der Waals surface area (Å²) in [7, 11) is 1.66. The third kappa shape index (κ3) is 4.08. The van der Waals surface area contributed by atoms with Gasteiger partial charge in [0, 0.05) is 24.7 Å². The van der Waals surface area contributed by atoms with Gasteiger partial charge in [-0.15, -0.1) is 0 Å². The van der Waals surface area contributed by atoms with E-state index in [2.05, 4.69) is 0 Å². The monoisotopic (exact) mass is 381 g/mol. The highest BCUT2D eigenvalue weighted by Crippen LogP contribution is 2.33. The maximum absolute atomic E-state index is 12.6. The van der Waals surface area contributed by atoms with Crippen LogP contribution in [0.1, 0.15) is 41.6 Å². The van der Waals surface area contributed by atoms with E-state index in [1.54, 1.807) is 19.2 Å². The second-order valence-corrected chi connectivity index (χ2v) is 7.90. The summed E-state index contributed by atoms with van der Waals surface area (Å²) in [5.74, 6) is 2.97. The lowest BCUT2D eigenvalue weighted by atomic mass is 9.82. The van der Waals surface area contributed by atoms with Crippen molar-refractivity contribution in [3.05, 3.63) is 53.6 Å². The summed E-state index contributed by atoms with van der Waals surface area (Å²) >= 11 is 0. The number of phenols is 1. The second kappa shape index (κ2) is 8.13. The molecule has 2 aromatic carbocycles. The minimum atomic E-state index is 0.0504. The molecule has 1 N–H and O–H groups in total. The van der Waals surface area contributed by atoms with Crippen LogP contribution in [0.4, 0.5) is 0 Å². The summed E-state index contributed by atoms with van der Waals surface area (Å²) in [6.07, 6.45) is 4.50. The number of carbonyl (C=O) groups is 1. The van der Waals surface area contributed by atoms with Gasteiger partial charge in [0.15, 0.2) is 0 Å². The van der Waals surface area contributed by atoms with Crippen molar-refractivity contribution >= 4 is 5.91 Å². The van der Waals surface area contributed by atoms with Crippen LogP contribution in [-0.2, 0) is 6.54 Å². The van der Waals surface area contributed by atoms with E-state index in [-0.39, 0.29) is 11.7 Å². The molecule has 0 aromatic heterocycles. The first-order valence-electron chi connectivity index (χ1n) is 10.0. The van der Waals surface area contributed by atoms with E-state index in [0.29, 0.717) is 23.9 Å². The van der Waals surface area contributed by atoms with Crippen LogP contribution in [0, 0.1) is 11.8 Å². The van der Waals surface area contributed by atoms with E-state index in [0.717, 1.165) is 55.9 Å². The topological polar surface area (TPSA) is 59.0 Å². The Kier molecular flexibility index (Phi) is 5.42. The SMILES string of the molecule is COc1cccc(OCC2CCC(CN3Cc4ccc(O)cc4C3=O)CC2)c1. The van der Waals surface area contributed by atoms with Gasteiger partial charge < -0.3 is 19.5 Å². The fraction of sp³-hybridized carbons (Fsp3) is 0.435. The number of phenolic OH excluding ortho intramolecular Hbond substituents is 1. The molecular weight excluding hydrogens is 354 g/mol. The van der Waals surface area contributed by atoms with E-state index in [1.165, 1.54) is 0 Å². The Bertz CT molecular complexity index is 842. The van der Waals surface area contributed by atoms with E-state index < -0.39 is 0 Å². The molecule has 2 aromatic rings. The number of benzene rings is 2. The Morgan fingerprint density at radius 2 is 1.79 bits per heavy atom. The number of hydrogen-bond donors (Lipinski definition) is 1. The van der Waals surface area contributed by atoms with Crippen molar-refractivity contribution in [2.45, 2.75) is 32.2 Å². The van der Waals surface area contributed by atoms with Gasteiger partial charge in [0.25, 0.3) is 5.91 Å². The number of aromatic hydroxyl groups is 1. The first-order valence-corrected chi connectivity index (χ1v) is 10.0. The second-order valence-electron chi connectivity index (χ2n) is 7.90. The summed E-state index contributed by atoms with van der Waals surface area (Å²) in [4.78, 5) is 14.5. The number of hydrogen-bond acceptors (Lipinski definition) is 4. The molecule has 1 aliphatic carbocycles. The molecule has 0 unspecified atom stereocenters. The zero-order chi connectivity index (χ0) is 19.5. The lowest BCUT2D eigenvalue weighted by Crippen LogP contribution is -2.32. The first kappa shape index (κ1) is 18.7.